The second kappa shape index (κ2) is 7.80. The van der Waals surface area contributed by atoms with Crippen molar-refractivity contribution in [3.63, 3.8) is 0 Å². The minimum absolute atomic E-state index is 0.0228. The van der Waals surface area contributed by atoms with Crippen LogP contribution in [-0.4, -0.2) is 27.2 Å². The first-order valence-corrected chi connectivity index (χ1v) is 9.56. The van der Waals surface area contributed by atoms with Gasteiger partial charge in [0, 0.05) is 36.4 Å². The number of rotatable bonds is 6. The van der Waals surface area contributed by atoms with Gasteiger partial charge in [0.05, 0.1) is 23.2 Å². The van der Waals surface area contributed by atoms with Gasteiger partial charge >= 0.3 is 0 Å². The van der Waals surface area contributed by atoms with Crippen LogP contribution in [-0.2, 0) is 17.8 Å². The van der Waals surface area contributed by atoms with E-state index < -0.39 is 4.92 Å². The Morgan fingerprint density at radius 2 is 2.14 bits per heavy atom. The van der Waals surface area contributed by atoms with Crippen LogP contribution in [0.3, 0.4) is 0 Å². The number of aryl methyl sites for hydroxylation is 2. The standard InChI is InChI=1S/C21H22N4O3/c26-21(22-13-16-6-3-5-15-4-1-2-7-19(15)16)10-11-24-20-12-18(25(27)28)9-8-17(20)14-23-24/h1-2,4,7-9,12,14,16H,3,5-6,10-11,13H2,(H,22,26). The molecule has 144 valence electrons. The summed E-state index contributed by atoms with van der Waals surface area (Å²) < 4.78 is 1.65. The third kappa shape index (κ3) is 3.74. The van der Waals surface area contributed by atoms with Crippen LogP contribution in [0.25, 0.3) is 10.9 Å². The number of hydrogen-bond donors (Lipinski definition) is 1. The van der Waals surface area contributed by atoms with Gasteiger partial charge in [-0.3, -0.25) is 19.6 Å². The van der Waals surface area contributed by atoms with E-state index in [1.807, 2.05) is 0 Å². The predicted octanol–water partition coefficient (Wildman–Crippen LogP) is 3.57. The molecule has 1 heterocycles. The zero-order valence-electron chi connectivity index (χ0n) is 15.5. The number of nitro benzene ring substituents is 1. The maximum Gasteiger partial charge on any atom is 0.271 e. The van der Waals surface area contributed by atoms with Crippen molar-refractivity contribution < 1.29 is 9.72 Å². The molecule has 1 aliphatic rings. The van der Waals surface area contributed by atoms with Crippen LogP contribution in [0.2, 0.25) is 0 Å². The highest BCUT2D eigenvalue weighted by Crippen LogP contribution is 2.30. The second-order valence-corrected chi connectivity index (χ2v) is 7.21. The fourth-order valence-electron chi connectivity index (χ4n) is 3.95. The molecule has 0 bridgehead atoms. The lowest BCUT2D eigenvalue weighted by Crippen LogP contribution is -2.30. The van der Waals surface area contributed by atoms with Crippen molar-refractivity contribution in [1.82, 2.24) is 15.1 Å². The smallest absolute Gasteiger partial charge is 0.271 e. The third-order valence-corrected chi connectivity index (χ3v) is 5.43. The van der Waals surface area contributed by atoms with E-state index in [1.165, 1.54) is 23.3 Å². The van der Waals surface area contributed by atoms with Crippen molar-refractivity contribution in [2.75, 3.05) is 6.54 Å². The quantitative estimate of drug-likeness (QED) is 0.524. The Bertz CT molecular complexity index is 1030. The van der Waals surface area contributed by atoms with Gasteiger partial charge < -0.3 is 5.32 Å². The minimum atomic E-state index is -0.425. The van der Waals surface area contributed by atoms with Gasteiger partial charge in [0.1, 0.15) is 0 Å². The van der Waals surface area contributed by atoms with E-state index in [0.717, 1.165) is 24.6 Å². The summed E-state index contributed by atoms with van der Waals surface area (Å²) >= 11 is 0. The maximum atomic E-state index is 12.3. The Morgan fingerprint density at radius 1 is 1.29 bits per heavy atom. The molecule has 0 radical (unpaired) electrons. The molecular weight excluding hydrogens is 356 g/mol. The van der Waals surface area contributed by atoms with Gasteiger partial charge in [0.2, 0.25) is 5.91 Å². The maximum absolute atomic E-state index is 12.3. The number of fused-ring (bicyclic) bond motifs is 2. The first kappa shape index (κ1) is 18.2. The van der Waals surface area contributed by atoms with Crippen molar-refractivity contribution in [2.24, 2.45) is 0 Å². The van der Waals surface area contributed by atoms with Crippen LogP contribution in [0.1, 0.15) is 36.3 Å². The molecule has 0 spiro atoms. The number of benzene rings is 2. The number of nitro groups is 1. The van der Waals surface area contributed by atoms with Gasteiger partial charge in [-0.15, -0.1) is 0 Å². The normalized spacial score (nSPS) is 15.9. The minimum Gasteiger partial charge on any atom is -0.355 e. The molecule has 7 heteroatoms. The molecule has 1 unspecified atom stereocenters. The first-order valence-electron chi connectivity index (χ1n) is 9.56. The summed E-state index contributed by atoms with van der Waals surface area (Å²) in [5.74, 6) is 0.333. The van der Waals surface area contributed by atoms with Crippen molar-refractivity contribution in [3.05, 3.63) is 69.9 Å². The number of carbonyl (C=O) groups excluding carboxylic acids is 1. The lowest BCUT2D eigenvalue weighted by molar-refractivity contribution is -0.384. The fraction of sp³-hybridized carbons (Fsp3) is 0.333. The summed E-state index contributed by atoms with van der Waals surface area (Å²) in [5.41, 5.74) is 3.43. The summed E-state index contributed by atoms with van der Waals surface area (Å²) in [6.07, 6.45) is 5.29. The number of nitrogens with one attached hydrogen (secondary N) is 1. The molecule has 3 aromatic rings. The van der Waals surface area contributed by atoms with E-state index >= 15 is 0 Å². The van der Waals surface area contributed by atoms with Crippen LogP contribution >= 0.6 is 0 Å². The van der Waals surface area contributed by atoms with Crippen molar-refractivity contribution in [3.8, 4) is 0 Å². The van der Waals surface area contributed by atoms with Gasteiger partial charge in [0.25, 0.3) is 5.69 Å². The largest absolute Gasteiger partial charge is 0.355 e. The van der Waals surface area contributed by atoms with E-state index in [0.29, 0.717) is 24.5 Å². The number of nitrogens with zero attached hydrogens (tertiary/aromatic N) is 3. The van der Waals surface area contributed by atoms with Crippen molar-refractivity contribution >= 4 is 22.5 Å². The molecule has 4 rings (SSSR count). The Labute approximate surface area is 162 Å². The summed E-state index contributed by atoms with van der Waals surface area (Å²) in [6.45, 7) is 1.03. The number of amides is 1. The topological polar surface area (TPSA) is 90.1 Å². The highest BCUT2D eigenvalue weighted by molar-refractivity contribution is 5.81. The molecule has 1 aromatic heterocycles. The predicted molar refractivity (Wildman–Crippen MR) is 106 cm³/mol. The molecule has 0 aliphatic heterocycles. The second-order valence-electron chi connectivity index (χ2n) is 7.21. The molecule has 1 atom stereocenters. The fourth-order valence-corrected chi connectivity index (χ4v) is 3.95. The lowest BCUT2D eigenvalue weighted by Gasteiger charge is -2.25. The first-order chi connectivity index (χ1) is 13.6. The van der Waals surface area contributed by atoms with E-state index in [-0.39, 0.29) is 18.0 Å². The Morgan fingerprint density at radius 3 is 3.00 bits per heavy atom. The highest BCUT2D eigenvalue weighted by atomic mass is 16.6. The van der Waals surface area contributed by atoms with Crippen LogP contribution in [0.5, 0.6) is 0 Å². The summed E-state index contributed by atoms with van der Waals surface area (Å²) in [7, 11) is 0. The van der Waals surface area contributed by atoms with E-state index in [2.05, 4.69) is 34.7 Å². The number of carbonyl (C=O) groups is 1. The monoisotopic (exact) mass is 378 g/mol. The average molecular weight is 378 g/mol. The zero-order chi connectivity index (χ0) is 19.5. The molecule has 1 aliphatic carbocycles. The molecule has 0 saturated carbocycles. The number of hydrogen-bond acceptors (Lipinski definition) is 4. The summed E-state index contributed by atoms with van der Waals surface area (Å²) in [5, 5.41) is 19.1. The van der Waals surface area contributed by atoms with Gasteiger partial charge in [-0.1, -0.05) is 24.3 Å². The van der Waals surface area contributed by atoms with E-state index in [9.17, 15) is 14.9 Å². The van der Waals surface area contributed by atoms with Crippen LogP contribution < -0.4 is 5.32 Å². The van der Waals surface area contributed by atoms with Crippen LogP contribution in [0, 0.1) is 10.1 Å². The molecule has 2 aromatic carbocycles. The highest BCUT2D eigenvalue weighted by Gasteiger charge is 2.20. The van der Waals surface area contributed by atoms with E-state index in [4.69, 9.17) is 0 Å². The molecule has 1 N–H and O–H groups in total. The average Bonchev–Trinajstić information content (AvgIpc) is 3.13. The van der Waals surface area contributed by atoms with E-state index in [1.54, 1.807) is 16.9 Å². The molecule has 0 fully saturated rings. The Hall–Kier alpha value is -3.22. The number of aromatic nitrogens is 2. The van der Waals surface area contributed by atoms with Gasteiger partial charge in [0.15, 0.2) is 0 Å². The van der Waals surface area contributed by atoms with Crippen LogP contribution in [0.15, 0.2) is 48.7 Å². The molecule has 0 saturated heterocycles. The Kier molecular flexibility index (Phi) is 5.06. The Balaban J connectivity index is 1.36. The lowest BCUT2D eigenvalue weighted by atomic mass is 9.83. The molecule has 1 amide bonds. The molecule has 28 heavy (non-hydrogen) atoms. The summed E-state index contributed by atoms with van der Waals surface area (Å²) in [4.78, 5) is 22.9. The van der Waals surface area contributed by atoms with Crippen molar-refractivity contribution in [1.29, 1.82) is 0 Å². The summed E-state index contributed by atoms with van der Waals surface area (Å²) in [6, 6.07) is 13.1. The number of non-ortho nitro benzene ring substituents is 1. The van der Waals surface area contributed by atoms with Gasteiger partial charge in [-0.05, 0) is 36.5 Å². The zero-order valence-corrected chi connectivity index (χ0v) is 15.5. The van der Waals surface area contributed by atoms with Crippen LogP contribution in [0.4, 0.5) is 5.69 Å². The van der Waals surface area contributed by atoms with Gasteiger partial charge in [-0.25, -0.2) is 0 Å². The molecular formula is C21H22N4O3. The van der Waals surface area contributed by atoms with Crippen molar-refractivity contribution in [2.45, 2.75) is 38.1 Å². The van der Waals surface area contributed by atoms with Gasteiger partial charge in [-0.2, -0.15) is 5.10 Å². The third-order valence-electron chi connectivity index (χ3n) is 5.43. The molecule has 7 nitrogen and oxygen atoms in total. The SMILES string of the molecule is O=C(CCn1ncc2ccc([N+](=O)[O-])cc21)NCC1CCCc2ccccc21.